The third-order valence-corrected chi connectivity index (χ3v) is 14.1. The number of hydrogen-bond acceptors (Lipinski definition) is 9. The van der Waals surface area contributed by atoms with Gasteiger partial charge >= 0.3 is 0 Å². The van der Waals surface area contributed by atoms with Crippen LogP contribution in [0.1, 0.15) is 95.8 Å². The lowest BCUT2D eigenvalue weighted by atomic mass is 9.64. The zero-order chi connectivity index (χ0) is 42.6. The molecule has 1 saturated carbocycles. The number of nitrogens with zero attached hydrogens (tertiary/aromatic N) is 1. The number of allylic oxidation sites excluding steroid dienone is 2. The van der Waals surface area contributed by atoms with Crippen LogP contribution in [0, 0.1) is 5.41 Å². The summed E-state index contributed by atoms with van der Waals surface area (Å²) in [6.07, 6.45) is 5.92. The summed E-state index contributed by atoms with van der Waals surface area (Å²) in [5.41, 5.74) is 3.05. The van der Waals surface area contributed by atoms with Gasteiger partial charge in [-0.1, -0.05) is 55.0 Å². The highest BCUT2D eigenvalue weighted by Crippen LogP contribution is 2.59. The van der Waals surface area contributed by atoms with Gasteiger partial charge in [0.25, 0.3) is 0 Å². The number of ether oxygens (including phenoxy) is 4. The number of thiophene rings is 1. The molecule has 4 aromatic carbocycles. The molecule has 10 heteroatoms. The van der Waals surface area contributed by atoms with Crippen molar-refractivity contribution < 1.29 is 38.7 Å². The lowest BCUT2D eigenvalue weighted by molar-refractivity contribution is -0.140. The van der Waals surface area contributed by atoms with E-state index in [2.05, 4.69) is 26.0 Å². The third-order valence-electron chi connectivity index (χ3n) is 13.0. The Morgan fingerprint density at radius 2 is 1.63 bits per heavy atom. The van der Waals surface area contributed by atoms with E-state index in [1.54, 1.807) is 45.5 Å². The Hall–Kier alpha value is -5.16. The normalized spacial score (nSPS) is 21.8. The number of ketones is 1. The van der Waals surface area contributed by atoms with Gasteiger partial charge in [0.1, 0.15) is 11.5 Å². The number of rotatable bonds is 12. The van der Waals surface area contributed by atoms with E-state index < -0.39 is 17.1 Å². The van der Waals surface area contributed by atoms with E-state index in [-0.39, 0.29) is 37.1 Å². The van der Waals surface area contributed by atoms with Crippen molar-refractivity contribution in [2.24, 2.45) is 5.41 Å². The average Bonchev–Trinajstić information content (AvgIpc) is 3.80. The highest BCUT2D eigenvalue weighted by atomic mass is 32.1. The Bertz CT molecular complexity index is 2350. The van der Waals surface area contributed by atoms with Crippen molar-refractivity contribution in [3.63, 3.8) is 0 Å². The van der Waals surface area contributed by atoms with E-state index >= 15 is 0 Å². The molecule has 1 aromatic heterocycles. The minimum Gasteiger partial charge on any atom is -0.497 e. The summed E-state index contributed by atoms with van der Waals surface area (Å²) in [4.78, 5) is 31.9. The van der Waals surface area contributed by atoms with Crippen molar-refractivity contribution in [2.75, 3.05) is 35.0 Å². The number of hydrogen-bond donors (Lipinski definition) is 2. The lowest BCUT2D eigenvalue weighted by Gasteiger charge is -2.46. The van der Waals surface area contributed by atoms with Crippen molar-refractivity contribution >= 4 is 33.1 Å². The second-order valence-corrected chi connectivity index (χ2v) is 17.8. The Kier molecular flexibility index (Phi) is 13.0. The lowest BCUT2D eigenvalue weighted by Crippen LogP contribution is -2.53. The van der Waals surface area contributed by atoms with Gasteiger partial charge in [-0.3, -0.25) is 9.59 Å². The number of aliphatic hydroxyl groups is 2. The molecule has 4 atom stereocenters. The summed E-state index contributed by atoms with van der Waals surface area (Å²) in [7, 11) is 6.34. The van der Waals surface area contributed by atoms with E-state index in [1.807, 2.05) is 66.7 Å². The van der Waals surface area contributed by atoms with Crippen molar-refractivity contribution in [1.82, 2.24) is 4.90 Å². The fraction of sp³-hybridized carbons (Fsp3) is 0.400. The maximum atomic E-state index is 14.8. The van der Waals surface area contributed by atoms with Gasteiger partial charge in [-0.2, -0.15) is 0 Å². The number of benzene rings is 4. The van der Waals surface area contributed by atoms with Crippen LogP contribution in [0.5, 0.6) is 23.0 Å². The molecule has 1 fully saturated rings. The van der Waals surface area contributed by atoms with Crippen LogP contribution >= 0.6 is 11.3 Å². The van der Waals surface area contributed by atoms with Crippen molar-refractivity contribution in [1.29, 1.82) is 0 Å². The molecular formula is C50H57NO8S. The molecule has 60 heavy (non-hydrogen) atoms. The minimum absolute atomic E-state index is 0.0542. The first-order valence-electron chi connectivity index (χ1n) is 20.8. The fourth-order valence-electron chi connectivity index (χ4n) is 9.44. The molecule has 0 radical (unpaired) electrons. The standard InChI is InChI=1S/C50H57NO8S/c1-32-10-9-22-49(2)41(39-19-14-33(24-37(52)17-13-32)25-40(39)48(54)46-28-35-11-7-8-12-45(35)60-46)21-23-50(49,55)31-51(30-36-16-18-38(56-3)29-43(36)58-5)47(53)27-34-15-20-42(57-4)44(26-34)59-6/h7-8,10-12,14-16,18-20,25-26,28-29,37,41,52,55H,9,13,17,21-24,27,30-31H2,1-6H3. The van der Waals surface area contributed by atoms with Gasteiger partial charge in [-0.15, -0.1) is 11.3 Å². The zero-order valence-corrected chi connectivity index (χ0v) is 36.4. The Morgan fingerprint density at radius 3 is 2.38 bits per heavy atom. The fourth-order valence-corrected chi connectivity index (χ4v) is 10.5. The molecule has 5 aromatic rings. The molecule has 2 bridgehead atoms. The Morgan fingerprint density at radius 1 is 0.850 bits per heavy atom. The molecular weight excluding hydrogens is 775 g/mol. The molecule has 1 heterocycles. The molecule has 0 spiro atoms. The van der Waals surface area contributed by atoms with Crippen LogP contribution in [0.4, 0.5) is 0 Å². The summed E-state index contributed by atoms with van der Waals surface area (Å²) in [5.74, 6) is 1.88. The van der Waals surface area contributed by atoms with Gasteiger partial charge in [-0.25, -0.2) is 0 Å². The number of carbonyl (C=O) groups excluding carboxylic acids is 2. The quantitative estimate of drug-likeness (QED) is 0.0945. The van der Waals surface area contributed by atoms with Crippen molar-refractivity contribution in [3.8, 4) is 23.0 Å². The first-order chi connectivity index (χ1) is 28.9. The van der Waals surface area contributed by atoms with Crippen molar-refractivity contribution in [2.45, 2.75) is 89.4 Å². The number of carbonyl (C=O) groups is 2. The van der Waals surface area contributed by atoms with E-state index in [9.17, 15) is 19.8 Å². The molecule has 2 N–H and O–H groups in total. The summed E-state index contributed by atoms with van der Waals surface area (Å²) in [6, 6.07) is 27.1. The first-order valence-corrected chi connectivity index (χ1v) is 21.6. The van der Waals surface area contributed by atoms with Gasteiger partial charge in [-0.05, 0) is 122 Å². The number of methoxy groups -OCH3 is 4. The van der Waals surface area contributed by atoms with Crippen LogP contribution < -0.4 is 18.9 Å². The molecule has 3 aliphatic carbocycles. The SMILES string of the molecule is COc1ccc(CN(CC2(O)CCC3c4ccc(cc4C(=O)c4cc5ccccc5s4)CC(O)CCC(C)=CCCC32C)C(=O)Cc2ccc(OC)c(OC)c2)c(OC)c1. The first kappa shape index (κ1) is 42.9. The maximum absolute atomic E-state index is 14.8. The van der Waals surface area contributed by atoms with Gasteiger partial charge in [0.2, 0.25) is 11.7 Å². The number of amides is 1. The zero-order valence-electron chi connectivity index (χ0n) is 35.6. The summed E-state index contributed by atoms with van der Waals surface area (Å²) < 4.78 is 23.4. The maximum Gasteiger partial charge on any atom is 0.227 e. The van der Waals surface area contributed by atoms with E-state index in [0.29, 0.717) is 72.0 Å². The highest BCUT2D eigenvalue weighted by molar-refractivity contribution is 7.21. The Labute approximate surface area is 357 Å². The molecule has 316 valence electrons. The second kappa shape index (κ2) is 18.2. The molecule has 1 amide bonds. The number of aliphatic hydroxyl groups excluding tert-OH is 1. The topological polar surface area (TPSA) is 115 Å². The predicted octanol–water partition coefficient (Wildman–Crippen LogP) is 9.48. The smallest absolute Gasteiger partial charge is 0.227 e. The van der Waals surface area contributed by atoms with Crippen LogP contribution in [0.2, 0.25) is 0 Å². The second-order valence-electron chi connectivity index (χ2n) is 16.7. The van der Waals surface area contributed by atoms with Crippen molar-refractivity contribution in [3.05, 3.63) is 129 Å². The average molecular weight is 832 g/mol. The molecule has 3 aliphatic rings. The van der Waals surface area contributed by atoms with Crippen LogP contribution in [-0.2, 0) is 24.2 Å². The molecule has 0 saturated heterocycles. The van der Waals surface area contributed by atoms with Crippen LogP contribution in [0.15, 0.2) is 96.6 Å². The molecule has 9 nitrogen and oxygen atoms in total. The van der Waals surface area contributed by atoms with Gasteiger partial charge < -0.3 is 34.1 Å². The van der Waals surface area contributed by atoms with E-state index in [0.717, 1.165) is 38.8 Å². The summed E-state index contributed by atoms with van der Waals surface area (Å²) in [5, 5.41) is 25.5. The predicted molar refractivity (Wildman–Crippen MR) is 237 cm³/mol. The summed E-state index contributed by atoms with van der Waals surface area (Å²) in [6.45, 7) is 4.50. The summed E-state index contributed by atoms with van der Waals surface area (Å²) >= 11 is 1.49. The van der Waals surface area contributed by atoms with E-state index in [1.165, 1.54) is 16.9 Å². The largest absolute Gasteiger partial charge is 0.497 e. The number of fused-ring (bicyclic) bond motifs is 9. The van der Waals surface area contributed by atoms with Gasteiger partial charge in [0.05, 0.1) is 58.0 Å². The Balaban J connectivity index is 1.31. The van der Waals surface area contributed by atoms with Crippen LogP contribution in [0.25, 0.3) is 10.1 Å². The van der Waals surface area contributed by atoms with Gasteiger partial charge in [0.15, 0.2) is 11.5 Å². The van der Waals surface area contributed by atoms with Crippen LogP contribution in [-0.4, -0.2) is 73.5 Å². The van der Waals surface area contributed by atoms with E-state index in [4.69, 9.17) is 18.9 Å². The van der Waals surface area contributed by atoms with Crippen LogP contribution in [0.3, 0.4) is 0 Å². The molecule has 4 unspecified atom stereocenters. The third kappa shape index (κ3) is 8.83. The minimum atomic E-state index is -1.34. The monoisotopic (exact) mass is 831 g/mol. The van der Waals surface area contributed by atoms with Gasteiger partial charge in [0, 0.05) is 33.9 Å². The molecule has 0 aliphatic heterocycles. The molecule has 8 rings (SSSR count). The highest BCUT2D eigenvalue weighted by Gasteiger charge is 2.57.